The molecule has 4 nitrogen and oxygen atoms in total. The molecule has 106 valence electrons. The summed E-state index contributed by atoms with van der Waals surface area (Å²) in [7, 11) is -1.30. The van der Waals surface area contributed by atoms with E-state index in [4.69, 9.17) is 23.2 Å². The van der Waals surface area contributed by atoms with Gasteiger partial charge >= 0.3 is 0 Å². The lowest BCUT2D eigenvalue weighted by molar-refractivity contribution is 0.222. The Labute approximate surface area is 124 Å². The van der Waals surface area contributed by atoms with Crippen LogP contribution in [-0.4, -0.2) is 50.8 Å². The second-order valence-corrected chi connectivity index (χ2v) is 7.49. The summed E-state index contributed by atoms with van der Waals surface area (Å²) in [6, 6.07) is 4.93. The van der Waals surface area contributed by atoms with Gasteiger partial charge in [0.1, 0.15) is 0 Å². The summed E-state index contributed by atoms with van der Waals surface area (Å²) in [5.74, 6) is -0.0341. The predicted molar refractivity (Wildman–Crippen MR) is 78.2 cm³/mol. The minimum atomic E-state index is -3.28. The monoisotopic (exact) mass is 322 g/mol. The maximum atomic E-state index is 12.3. The van der Waals surface area contributed by atoms with Crippen LogP contribution in [0.25, 0.3) is 0 Å². The Morgan fingerprint density at radius 1 is 1.11 bits per heavy atom. The lowest BCUT2D eigenvalue weighted by atomic mass is 10.2. The van der Waals surface area contributed by atoms with Crippen molar-refractivity contribution >= 4 is 33.2 Å². The van der Waals surface area contributed by atoms with E-state index in [-0.39, 0.29) is 5.75 Å². The highest BCUT2D eigenvalue weighted by Gasteiger charge is 2.25. The minimum absolute atomic E-state index is 0.0341. The summed E-state index contributed by atoms with van der Waals surface area (Å²) in [6.07, 6.45) is 0. The zero-order valence-corrected chi connectivity index (χ0v) is 13.0. The van der Waals surface area contributed by atoms with E-state index in [1.807, 2.05) is 7.05 Å². The molecule has 0 aromatic heterocycles. The second-order valence-electron chi connectivity index (χ2n) is 4.71. The number of rotatable bonds is 3. The highest BCUT2D eigenvalue weighted by molar-refractivity contribution is 7.88. The third-order valence-electron chi connectivity index (χ3n) is 3.19. The van der Waals surface area contributed by atoms with E-state index in [0.29, 0.717) is 28.7 Å². The van der Waals surface area contributed by atoms with Gasteiger partial charge in [-0.3, -0.25) is 0 Å². The van der Waals surface area contributed by atoms with Crippen LogP contribution in [0, 0.1) is 0 Å². The third-order valence-corrected chi connectivity index (χ3v) is 5.78. The van der Waals surface area contributed by atoms with Crippen LogP contribution in [0.3, 0.4) is 0 Å². The Hall–Kier alpha value is -0.330. The lowest BCUT2D eigenvalue weighted by Crippen LogP contribution is -2.47. The Balaban J connectivity index is 2.10. The Bertz CT molecular complexity index is 555. The third kappa shape index (κ3) is 3.83. The standard InChI is InChI=1S/C12H16Cl2N2O2S/c1-15-4-6-16(7-5-15)19(17,18)9-10-2-3-11(13)12(14)8-10/h2-3,8H,4-7,9H2,1H3. The molecule has 0 saturated carbocycles. The van der Waals surface area contributed by atoms with Crippen molar-refractivity contribution in [2.75, 3.05) is 33.2 Å². The second kappa shape index (κ2) is 5.97. The molecule has 0 bridgehead atoms. The van der Waals surface area contributed by atoms with Gasteiger partial charge in [0.2, 0.25) is 10.0 Å². The molecule has 0 radical (unpaired) electrons. The summed E-state index contributed by atoms with van der Waals surface area (Å²) in [5.41, 5.74) is 0.660. The van der Waals surface area contributed by atoms with Crippen LogP contribution in [0.4, 0.5) is 0 Å². The number of hydrogen-bond acceptors (Lipinski definition) is 3. The maximum absolute atomic E-state index is 12.3. The normalized spacial score (nSPS) is 18.7. The highest BCUT2D eigenvalue weighted by atomic mass is 35.5. The van der Waals surface area contributed by atoms with E-state index in [9.17, 15) is 8.42 Å². The molecule has 0 aliphatic carbocycles. The Kier molecular flexibility index (Phi) is 4.74. The first-order valence-corrected chi connectivity index (χ1v) is 8.35. The number of likely N-dealkylation sites (N-methyl/N-ethyl adjacent to an activating group) is 1. The fourth-order valence-electron chi connectivity index (χ4n) is 2.00. The molecule has 1 saturated heterocycles. The molecule has 0 N–H and O–H groups in total. The van der Waals surface area contributed by atoms with Crippen molar-refractivity contribution < 1.29 is 8.42 Å². The van der Waals surface area contributed by atoms with Gasteiger partial charge in [-0.05, 0) is 24.7 Å². The molecule has 0 atom stereocenters. The zero-order valence-electron chi connectivity index (χ0n) is 10.6. The number of halogens is 2. The molecule has 0 spiro atoms. The van der Waals surface area contributed by atoms with Crippen molar-refractivity contribution in [2.45, 2.75) is 5.75 Å². The largest absolute Gasteiger partial charge is 0.304 e. The summed E-state index contributed by atoms with van der Waals surface area (Å²) in [5, 5.41) is 0.815. The van der Waals surface area contributed by atoms with Crippen molar-refractivity contribution in [1.82, 2.24) is 9.21 Å². The summed E-state index contributed by atoms with van der Waals surface area (Å²) in [6.45, 7) is 2.61. The van der Waals surface area contributed by atoms with E-state index in [1.54, 1.807) is 18.2 Å². The summed E-state index contributed by atoms with van der Waals surface area (Å²) >= 11 is 11.7. The van der Waals surface area contributed by atoms with Crippen molar-refractivity contribution in [3.8, 4) is 0 Å². The van der Waals surface area contributed by atoms with E-state index < -0.39 is 10.0 Å². The van der Waals surface area contributed by atoms with Gasteiger partial charge in [0.05, 0.1) is 15.8 Å². The van der Waals surface area contributed by atoms with Gasteiger partial charge in [-0.2, -0.15) is 4.31 Å². The fraction of sp³-hybridized carbons (Fsp3) is 0.500. The quantitative estimate of drug-likeness (QED) is 0.855. The fourth-order valence-corrected chi connectivity index (χ4v) is 3.82. The van der Waals surface area contributed by atoms with Crippen molar-refractivity contribution in [3.05, 3.63) is 33.8 Å². The van der Waals surface area contributed by atoms with E-state index in [0.717, 1.165) is 13.1 Å². The van der Waals surface area contributed by atoms with E-state index in [1.165, 1.54) is 4.31 Å². The van der Waals surface area contributed by atoms with Crippen LogP contribution in [0.1, 0.15) is 5.56 Å². The number of nitrogens with zero attached hydrogens (tertiary/aromatic N) is 2. The first-order chi connectivity index (χ1) is 8.88. The average Bonchev–Trinajstić information content (AvgIpc) is 2.34. The lowest BCUT2D eigenvalue weighted by Gasteiger charge is -2.31. The maximum Gasteiger partial charge on any atom is 0.218 e. The van der Waals surface area contributed by atoms with Crippen molar-refractivity contribution in [1.29, 1.82) is 0 Å². The highest BCUT2D eigenvalue weighted by Crippen LogP contribution is 2.24. The minimum Gasteiger partial charge on any atom is -0.304 e. The van der Waals surface area contributed by atoms with Gasteiger partial charge in [-0.15, -0.1) is 0 Å². The molecule has 1 fully saturated rings. The van der Waals surface area contributed by atoms with Gasteiger partial charge in [-0.25, -0.2) is 8.42 Å². The first-order valence-electron chi connectivity index (χ1n) is 5.99. The molecule has 1 aliphatic heterocycles. The molecule has 1 aromatic carbocycles. The molecular weight excluding hydrogens is 307 g/mol. The van der Waals surface area contributed by atoms with Gasteiger partial charge in [0.25, 0.3) is 0 Å². The molecule has 19 heavy (non-hydrogen) atoms. The number of benzene rings is 1. The molecule has 0 amide bonds. The van der Waals surface area contributed by atoms with Gasteiger partial charge < -0.3 is 4.90 Å². The van der Waals surface area contributed by atoms with Crippen LogP contribution in [0.2, 0.25) is 10.0 Å². The van der Waals surface area contributed by atoms with Crippen LogP contribution in [-0.2, 0) is 15.8 Å². The predicted octanol–water partition coefficient (Wildman–Crippen LogP) is 2.07. The molecule has 2 rings (SSSR count). The van der Waals surface area contributed by atoms with E-state index >= 15 is 0 Å². The van der Waals surface area contributed by atoms with Crippen LogP contribution < -0.4 is 0 Å². The number of piperazine rings is 1. The molecule has 0 unspecified atom stereocenters. The summed E-state index contributed by atoms with van der Waals surface area (Å²) in [4.78, 5) is 2.12. The van der Waals surface area contributed by atoms with Crippen LogP contribution >= 0.6 is 23.2 Å². The SMILES string of the molecule is CN1CCN(S(=O)(=O)Cc2ccc(Cl)c(Cl)c2)CC1. The van der Waals surface area contributed by atoms with Gasteiger partial charge in [0, 0.05) is 26.2 Å². The Morgan fingerprint density at radius 3 is 2.32 bits per heavy atom. The van der Waals surface area contributed by atoms with Crippen LogP contribution in [0.15, 0.2) is 18.2 Å². The first kappa shape index (κ1) is 15.1. The van der Waals surface area contributed by atoms with E-state index in [2.05, 4.69) is 4.90 Å². The molecular formula is C12H16Cl2N2O2S. The molecule has 1 aromatic rings. The number of sulfonamides is 1. The van der Waals surface area contributed by atoms with Gasteiger partial charge in [-0.1, -0.05) is 29.3 Å². The topological polar surface area (TPSA) is 40.6 Å². The van der Waals surface area contributed by atoms with Gasteiger partial charge in [0.15, 0.2) is 0 Å². The molecule has 1 heterocycles. The zero-order chi connectivity index (χ0) is 14.0. The summed E-state index contributed by atoms with van der Waals surface area (Å²) < 4.78 is 26.1. The molecule has 1 aliphatic rings. The number of hydrogen-bond donors (Lipinski definition) is 0. The van der Waals surface area contributed by atoms with Crippen molar-refractivity contribution in [2.24, 2.45) is 0 Å². The smallest absolute Gasteiger partial charge is 0.218 e. The van der Waals surface area contributed by atoms with Crippen LogP contribution in [0.5, 0.6) is 0 Å². The average molecular weight is 323 g/mol. The Morgan fingerprint density at radius 2 is 1.74 bits per heavy atom. The molecule has 7 heteroatoms. The van der Waals surface area contributed by atoms with Crippen molar-refractivity contribution in [3.63, 3.8) is 0 Å².